The van der Waals surface area contributed by atoms with E-state index in [-0.39, 0.29) is 23.8 Å². The Balaban J connectivity index is 2.41. The quantitative estimate of drug-likeness (QED) is 0.330. The van der Waals surface area contributed by atoms with Crippen molar-refractivity contribution in [2.24, 2.45) is 0 Å². The van der Waals surface area contributed by atoms with Crippen LogP contribution in [0.15, 0.2) is 30.4 Å². The average molecular weight is 259 g/mol. The van der Waals surface area contributed by atoms with Gasteiger partial charge in [-0.3, -0.25) is 14.9 Å². The molecule has 0 unspecified atom stereocenters. The van der Waals surface area contributed by atoms with Crippen molar-refractivity contribution >= 4 is 17.9 Å². The van der Waals surface area contributed by atoms with Gasteiger partial charge >= 0.3 is 0 Å². The van der Waals surface area contributed by atoms with Crippen LogP contribution >= 0.6 is 0 Å². The second-order valence-corrected chi connectivity index (χ2v) is 4.26. The van der Waals surface area contributed by atoms with Gasteiger partial charge in [-0.25, -0.2) is 0 Å². The molecule has 0 saturated carbocycles. The molecule has 0 bridgehead atoms. The zero-order valence-electron chi connectivity index (χ0n) is 10.1. The molecular formula is C14H13NO4. The third-order valence-electron chi connectivity index (χ3n) is 2.79. The first-order chi connectivity index (χ1) is 9.01. The molecule has 1 aliphatic rings. The second kappa shape index (κ2) is 4.97. The minimum absolute atomic E-state index is 0.0251. The molecule has 1 heterocycles. The molecule has 1 aromatic rings. The Labute approximate surface area is 109 Å². The lowest BCUT2D eigenvalue weighted by Crippen LogP contribution is -2.19. The van der Waals surface area contributed by atoms with Gasteiger partial charge in [0.2, 0.25) is 5.91 Å². The fourth-order valence-electron chi connectivity index (χ4n) is 1.92. The van der Waals surface area contributed by atoms with E-state index in [4.69, 9.17) is 0 Å². The Morgan fingerprint density at radius 1 is 1.32 bits per heavy atom. The van der Waals surface area contributed by atoms with Crippen molar-refractivity contribution in [3.63, 3.8) is 0 Å². The van der Waals surface area contributed by atoms with Crippen LogP contribution in [0.25, 0.3) is 6.08 Å². The minimum atomic E-state index is -0.428. The Hall–Kier alpha value is -2.56. The highest BCUT2D eigenvalue weighted by atomic mass is 16.3. The number of nitrogens with one attached hydrogen (secondary N) is 1. The molecule has 0 radical (unpaired) electrons. The summed E-state index contributed by atoms with van der Waals surface area (Å²) in [6.07, 6.45) is 3.53. The van der Waals surface area contributed by atoms with Crippen LogP contribution in [-0.2, 0) is 16.0 Å². The number of benzene rings is 1. The van der Waals surface area contributed by atoms with E-state index in [1.165, 1.54) is 12.1 Å². The minimum Gasteiger partial charge on any atom is -0.504 e. The Kier molecular flexibility index (Phi) is 3.37. The first-order valence-electron chi connectivity index (χ1n) is 5.71. The first-order valence-corrected chi connectivity index (χ1v) is 5.71. The summed E-state index contributed by atoms with van der Waals surface area (Å²) < 4.78 is 0. The molecule has 0 atom stereocenters. The third kappa shape index (κ3) is 2.65. The molecule has 0 spiro atoms. The Bertz CT molecular complexity index is 602. The van der Waals surface area contributed by atoms with Crippen molar-refractivity contribution in [2.45, 2.75) is 12.8 Å². The van der Waals surface area contributed by atoms with Crippen LogP contribution in [0.5, 0.6) is 11.5 Å². The van der Waals surface area contributed by atoms with Crippen LogP contribution in [0.4, 0.5) is 0 Å². The van der Waals surface area contributed by atoms with Crippen LogP contribution in [-0.4, -0.2) is 22.0 Å². The highest BCUT2D eigenvalue weighted by molar-refractivity contribution is 6.15. The number of hydrogen-bond acceptors (Lipinski definition) is 4. The number of hydrogen-bond donors (Lipinski definition) is 3. The zero-order chi connectivity index (χ0) is 14.0. The number of aromatic hydroxyl groups is 2. The van der Waals surface area contributed by atoms with Crippen molar-refractivity contribution in [3.05, 3.63) is 41.5 Å². The summed E-state index contributed by atoms with van der Waals surface area (Å²) in [6, 6.07) is 2.98. The maximum atomic E-state index is 11.4. The van der Waals surface area contributed by atoms with Crippen molar-refractivity contribution in [3.8, 4) is 11.5 Å². The van der Waals surface area contributed by atoms with Crippen LogP contribution in [0.3, 0.4) is 0 Å². The summed E-state index contributed by atoms with van der Waals surface area (Å²) in [5.41, 5.74) is 1.39. The van der Waals surface area contributed by atoms with Crippen molar-refractivity contribution in [1.29, 1.82) is 0 Å². The number of phenolic OH excluding ortho intramolecular Hbond substituents is 2. The molecule has 98 valence electrons. The Morgan fingerprint density at radius 2 is 2.05 bits per heavy atom. The average Bonchev–Trinajstić information content (AvgIpc) is 2.64. The molecular weight excluding hydrogens is 246 g/mol. The predicted molar refractivity (Wildman–Crippen MR) is 69.4 cm³/mol. The van der Waals surface area contributed by atoms with E-state index in [2.05, 4.69) is 11.9 Å². The lowest BCUT2D eigenvalue weighted by Gasteiger charge is -2.06. The van der Waals surface area contributed by atoms with Crippen LogP contribution in [0.2, 0.25) is 0 Å². The summed E-state index contributed by atoms with van der Waals surface area (Å²) in [6.45, 7) is 3.56. The van der Waals surface area contributed by atoms with Gasteiger partial charge in [0.15, 0.2) is 11.5 Å². The number of carbonyl (C=O) groups excluding carboxylic acids is 2. The summed E-state index contributed by atoms with van der Waals surface area (Å²) >= 11 is 0. The van der Waals surface area contributed by atoms with Gasteiger partial charge in [0.25, 0.3) is 5.91 Å². The number of carbonyl (C=O) groups is 2. The number of amides is 2. The molecule has 3 N–H and O–H groups in total. The van der Waals surface area contributed by atoms with E-state index in [0.29, 0.717) is 23.1 Å². The molecule has 2 amide bonds. The van der Waals surface area contributed by atoms with Gasteiger partial charge in [-0.15, -0.1) is 6.58 Å². The molecule has 0 aromatic heterocycles. The van der Waals surface area contributed by atoms with Crippen LogP contribution < -0.4 is 5.32 Å². The monoisotopic (exact) mass is 259 g/mol. The molecule has 5 nitrogen and oxygen atoms in total. The van der Waals surface area contributed by atoms with Crippen LogP contribution in [0.1, 0.15) is 17.5 Å². The van der Waals surface area contributed by atoms with Crippen molar-refractivity contribution in [2.75, 3.05) is 0 Å². The normalized spacial score (nSPS) is 16.7. The van der Waals surface area contributed by atoms with Gasteiger partial charge in [0.05, 0.1) is 6.42 Å². The highest BCUT2D eigenvalue weighted by Crippen LogP contribution is 2.32. The molecule has 19 heavy (non-hydrogen) atoms. The summed E-state index contributed by atoms with van der Waals surface area (Å²) in [4.78, 5) is 22.5. The number of phenols is 2. The zero-order valence-corrected chi connectivity index (χ0v) is 10.1. The lowest BCUT2D eigenvalue weighted by molar-refractivity contribution is -0.124. The van der Waals surface area contributed by atoms with E-state index in [1.54, 1.807) is 12.1 Å². The molecule has 5 heteroatoms. The molecule has 0 aliphatic carbocycles. The van der Waals surface area contributed by atoms with Gasteiger partial charge in [0, 0.05) is 11.1 Å². The van der Waals surface area contributed by atoms with Crippen molar-refractivity contribution in [1.82, 2.24) is 5.32 Å². The topological polar surface area (TPSA) is 86.6 Å². The van der Waals surface area contributed by atoms with Gasteiger partial charge in [0.1, 0.15) is 0 Å². The van der Waals surface area contributed by atoms with Crippen LogP contribution in [0, 0.1) is 0 Å². The van der Waals surface area contributed by atoms with Gasteiger partial charge in [-0.1, -0.05) is 6.08 Å². The molecule has 2 rings (SSSR count). The molecule has 1 saturated heterocycles. The summed E-state index contributed by atoms with van der Waals surface area (Å²) in [5, 5.41) is 21.5. The van der Waals surface area contributed by atoms with E-state index in [0.717, 1.165) is 0 Å². The Morgan fingerprint density at radius 3 is 2.63 bits per heavy atom. The predicted octanol–water partition coefficient (Wildman–Crippen LogP) is 1.26. The standard InChI is InChI=1S/C14H13NO4/c1-2-3-9-4-8(6-11(16)13(9)18)5-10-7-12(17)15-14(10)19/h2,4-6,16,18H,1,3,7H2,(H,15,17,19)/b10-5-. The largest absolute Gasteiger partial charge is 0.504 e. The van der Waals surface area contributed by atoms with E-state index >= 15 is 0 Å². The fraction of sp³-hybridized carbons (Fsp3) is 0.143. The maximum Gasteiger partial charge on any atom is 0.254 e. The van der Waals surface area contributed by atoms with Crippen molar-refractivity contribution < 1.29 is 19.8 Å². The summed E-state index contributed by atoms with van der Waals surface area (Å²) in [7, 11) is 0. The van der Waals surface area contributed by atoms with E-state index < -0.39 is 5.91 Å². The molecule has 1 aromatic carbocycles. The maximum absolute atomic E-state index is 11.4. The number of rotatable bonds is 3. The highest BCUT2D eigenvalue weighted by Gasteiger charge is 2.23. The molecule has 1 fully saturated rings. The number of imide groups is 1. The van der Waals surface area contributed by atoms with Gasteiger partial charge < -0.3 is 10.2 Å². The van der Waals surface area contributed by atoms with Gasteiger partial charge in [-0.05, 0) is 30.2 Å². The SMILES string of the molecule is C=CCc1cc(/C=C2/CC(=O)NC2=O)cc(O)c1O. The van der Waals surface area contributed by atoms with E-state index in [1.807, 2.05) is 0 Å². The number of allylic oxidation sites excluding steroid dienone is 1. The third-order valence-corrected chi connectivity index (χ3v) is 2.79. The smallest absolute Gasteiger partial charge is 0.254 e. The first kappa shape index (κ1) is 12.9. The second-order valence-electron chi connectivity index (χ2n) is 4.26. The fourth-order valence-corrected chi connectivity index (χ4v) is 1.92. The van der Waals surface area contributed by atoms with Gasteiger partial charge in [-0.2, -0.15) is 0 Å². The van der Waals surface area contributed by atoms with E-state index in [9.17, 15) is 19.8 Å². The molecule has 1 aliphatic heterocycles. The lowest BCUT2D eigenvalue weighted by atomic mass is 10.0. The summed E-state index contributed by atoms with van der Waals surface area (Å²) in [5.74, 6) is -1.24.